The Morgan fingerprint density at radius 2 is 1.76 bits per heavy atom. The van der Waals surface area contributed by atoms with Gasteiger partial charge in [0.05, 0.1) is 0 Å². The summed E-state index contributed by atoms with van der Waals surface area (Å²) in [4.78, 5) is 4.87. The maximum Gasteiger partial charge on any atom is 0.0456 e. The summed E-state index contributed by atoms with van der Waals surface area (Å²) in [6, 6.07) is 9.34. The Kier molecular flexibility index (Phi) is 5.80. The van der Waals surface area contributed by atoms with Crippen molar-refractivity contribution in [1.82, 2.24) is 9.80 Å². The highest BCUT2D eigenvalue weighted by molar-refractivity contribution is 5.36. The molecule has 3 nitrogen and oxygen atoms in total. The molecular weight excluding hydrogens is 258 g/mol. The molecule has 0 saturated carbocycles. The summed E-state index contributed by atoms with van der Waals surface area (Å²) in [6.07, 6.45) is 2.36. The van der Waals surface area contributed by atoms with Crippen molar-refractivity contribution in [3.05, 3.63) is 35.4 Å². The Morgan fingerprint density at radius 1 is 1.10 bits per heavy atom. The van der Waals surface area contributed by atoms with E-state index in [-0.39, 0.29) is 6.04 Å². The van der Waals surface area contributed by atoms with Crippen LogP contribution in [0.1, 0.15) is 49.8 Å². The summed E-state index contributed by atoms with van der Waals surface area (Å²) in [5, 5.41) is 0. The lowest BCUT2D eigenvalue weighted by atomic mass is 9.77. The van der Waals surface area contributed by atoms with Crippen molar-refractivity contribution >= 4 is 0 Å². The van der Waals surface area contributed by atoms with Crippen molar-refractivity contribution in [3.8, 4) is 0 Å². The number of nitrogens with zero attached hydrogens (tertiary/aromatic N) is 2. The fourth-order valence-electron chi connectivity index (χ4n) is 3.54. The van der Waals surface area contributed by atoms with Crippen LogP contribution in [0.5, 0.6) is 0 Å². The second-order valence-electron chi connectivity index (χ2n) is 6.70. The summed E-state index contributed by atoms with van der Waals surface area (Å²) in [6.45, 7) is 7.94. The first kappa shape index (κ1) is 16.5. The number of likely N-dealkylation sites (N-methyl/N-ethyl adjacent to an activating group) is 1. The van der Waals surface area contributed by atoms with Crippen molar-refractivity contribution in [3.63, 3.8) is 0 Å². The zero-order valence-corrected chi connectivity index (χ0v) is 14.0. The molecule has 1 aliphatic carbocycles. The van der Waals surface area contributed by atoms with Crippen molar-refractivity contribution in [1.29, 1.82) is 0 Å². The monoisotopic (exact) mass is 289 g/mol. The van der Waals surface area contributed by atoms with E-state index in [1.165, 1.54) is 24.0 Å². The average Bonchev–Trinajstić information content (AvgIpc) is 2.47. The fourth-order valence-corrected chi connectivity index (χ4v) is 3.54. The number of fused-ring (bicyclic) bond motifs is 1. The molecular formula is C18H31N3. The molecule has 0 aliphatic heterocycles. The van der Waals surface area contributed by atoms with E-state index in [0.29, 0.717) is 12.0 Å². The first-order valence-corrected chi connectivity index (χ1v) is 8.27. The van der Waals surface area contributed by atoms with Gasteiger partial charge in [-0.15, -0.1) is 0 Å². The Labute approximate surface area is 130 Å². The molecule has 21 heavy (non-hydrogen) atoms. The van der Waals surface area contributed by atoms with Gasteiger partial charge in [-0.2, -0.15) is 0 Å². The predicted molar refractivity (Wildman–Crippen MR) is 90.6 cm³/mol. The van der Waals surface area contributed by atoms with Gasteiger partial charge in [0.1, 0.15) is 0 Å². The van der Waals surface area contributed by atoms with E-state index in [2.05, 4.69) is 62.0 Å². The number of hydrogen-bond acceptors (Lipinski definition) is 3. The molecule has 3 heteroatoms. The second-order valence-corrected chi connectivity index (χ2v) is 6.70. The molecule has 0 heterocycles. The van der Waals surface area contributed by atoms with Crippen LogP contribution in [-0.2, 0) is 0 Å². The van der Waals surface area contributed by atoms with Crippen LogP contribution in [-0.4, -0.2) is 49.6 Å². The summed E-state index contributed by atoms with van der Waals surface area (Å²) in [5.74, 6) is 0.602. The molecule has 118 valence electrons. The highest BCUT2D eigenvalue weighted by atomic mass is 15.2. The first-order chi connectivity index (χ1) is 10.0. The minimum Gasteiger partial charge on any atom is -0.323 e. The molecule has 0 saturated heterocycles. The Hall–Kier alpha value is -0.900. The van der Waals surface area contributed by atoms with E-state index in [1.807, 2.05) is 0 Å². The van der Waals surface area contributed by atoms with Gasteiger partial charge in [-0.3, -0.25) is 4.90 Å². The maximum atomic E-state index is 6.64. The molecule has 0 aromatic heterocycles. The summed E-state index contributed by atoms with van der Waals surface area (Å²) >= 11 is 0. The van der Waals surface area contributed by atoms with Gasteiger partial charge in [-0.05, 0) is 50.5 Å². The molecule has 0 fully saturated rings. The third-order valence-corrected chi connectivity index (χ3v) is 4.71. The molecule has 0 amide bonds. The van der Waals surface area contributed by atoms with Gasteiger partial charge in [0.15, 0.2) is 0 Å². The topological polar surface area (TPSA) is 32.5 Å². The van der Waals surface area contributed by atoms with Gasteiger partial charge in [-0.25, -0.2) is 0 Å². The zero-order valence-electron chi connectivity index (χ0n) is 14.0. The lowest BCUT2D eigenvalue weighted by molar-refractivity contribution is 0.136. The smallest absolute Gasteiger partial charge is 0.0456 e. The van der Waals surface area contributed by atoms with Crippen LogP contribution < -0.4 is 5.73 Å². The van der Waals surface area contributed by atoms with Crippen LogP contribution in [0.15, 0.2) is 24.3 Å². The van der Waals surface area contributed by atoms with Gasteiger partial charge in [0, 0.05) is 25.2 Å². The van der Waals surface area contributed by atoms with Crippen LogP contribution in [0.25, 0.3) is 0 Å². The largest absolute Gasteiger partial charge is 0.323 e. The molecule has 1 aromatic carbocycles. The molecule has 0 bridgehead atoms. The quantitative estimate of drug-likeness (QED) is 0.874. The molecule has 3 atom stereocenters. The van der Waals surface area contributed by atoms with Gasteiger partial charge in [-0.1, -0.05) is 38.1 Å². The summed E-state index contributed by atoms with van der Waals surface area (Å²) < 4.78 is 0. The fraction of sp³-hybridized carbons (Fsp3) is 0.667. The molecule has 0 radical (unpaired) electrons. The van der Waals surface area contributed by atoms with Crippen LogP contribution in [0.4, 0.5) is 0 Å². The van der Waals surface area contributed by atoms with Crippen LogP contribution in [0.2, 0.25) is 0 Å². The Bertz CT molecular complexity index is 444. The number of benzene rings is 1. The zero-order chi connectivity index (χ0) is 15.4. The Balaban J connectivity index is 2.18. The standard InChI is InChI=1S/C18H31N3/c1-5-10-21(12-11-20(3)4)17-13-14(2)15-8-6-7-9-16(15)18(17)19/h6-9,14,17-18H,5,10-13,19H2,1-4H3. The number of nitrogens with two attached hydrogens (primary N) is 1. The maximum absolute atomic E-state index is 6.64. The molecule has 1 aliphatic rings. The number of rotatable bonds is 6. The van der Waals surface area contributed by atoms with E-state index in [4.69, 9.17) is 5.73 Å². The molecule has 0 spiro atoms. The highest BCUT2D eigenvalue weighted by Gasteiger charge is 2.33. The summed E-state index contributed by atoms with van der Waals surface area (Å²) in [7, 11) is 4.28. The van der Waals surface area contributed by atoms with Crippen molar-refractivity contribution in [2.75, 3.05) is 33.7 Å². The third-order valence-electron chi connectivity index (χ3n) is 4.71. The average molecular weight is 289 g/mol. The number of hydrogen-bond donors (Lipinski definition) is 1. The van der Waals surface area contributed by atoms with E-state index in [1.54, 1.807) is 0 Å². The van der Waals surface area contributed by atoms with Gasteiger partial charge >= 0.3 is 0 Å². The van der Waals surface area contributed by atoms with E-state index < -0.39 is 0 Å². The summed E-state index contributed by atoms with van der Waals surface area (Å²) in [5.41, 5.74) is 9.44. The predicted octanol–water partition coefficient (Wildman–Crippen LogP) is 2.84. The van der Waals surface area contributed by atoms with Gasteiger partial charge < -0.3 is 10.6 Å². The highest BCUT2D eigenvalue weighted by Crippen LogP contribution is 2.38. The lowest BCUT2D eigenvalue weighted by Gasteiger charge is -2.42. The van der Waals surface area contributed by atoms with Crippen LogP contribution in [0.3, 0.4) is 0 Å². The van der Waals surface area contributed by atoms with Crippen molar-refractivity contribution < 1.29 is 0 Å². The van der Waals surface area contributed by atoms with Crippen LogP contribution >= 0.6 is 0 Å². The van der Waals surface area contributed by atoms with Crippen molar-refractivity contribution in [2.24, 2.45) is 5.73 Å². The minimum absolute atomic E-state index is 0.145. The molecule has 1 aromatic rings. The normalized spacial score (nSPS) is 25.4. The molecule has 2 rings (SSSR count). The van der Waals surface area contributed by atoms with Gasteiger partial charge in [0.25, 0.3) is 0 Å². The second kappa shape index (κ2) is 7.39. The van der Waals surface area contributed by atoms with Crippen LogP contribution in [0, 0.1) is 0 Å². The van der Waals surface area contributed by atoms with Gasteiger partial charge in [0.2, 0.25) is 0 Å². The third kappa shape index (κ3) is 3.85. The first-order valence-electron chi connectivity index (χ1n) is 8.27. The minimum atomic E-state index is 0.145. The van der Waals surface area contributed by atoms with E-state index in [0.717, 1.165) is 19.6 Å². The van der Waals surface area contributed by atoms with E-state index in [9.17, 15) is 0 Å². The molecule has 2 N–H and O–H groups in total. The lowest BCUT2D eigenvalue weighted by Crippen LogP contribution is -2.48. The van der Waals surface area contributed by atoms with Crippen molar-refractivity contribution in [2.45, 2.75) is 44.7 Å². The molecule has 3 unspecified atom stereocenters. The SMILES string of the molecule is CCCN(CCN(C)C)C1CC(C)c2ccccc2C1N. The Morgan fingerprint density at radius 3 is 2.38 bits per heavy atom. The van der Waals surface area contributed by atoms with E-state index >= 15 is 0 Å².